The third kappa shape index (κ3) is 1.88. The maximum atomic E-state index is 12.3. The number of hydrogen-bond acceptors (Lipinski definition) is 4. The average molecular weight is 248 g/mol. The summed E-state index contributed by atoms with van der Waals surface area (Å²) in [4.78, 5) is 23.7. The molecule has 1 aliphatic heterocycles. The summed E-state index contributed by atoms with van der Waals surface area (Å²) < 4.78 is 10.4. The smallest absolute Gasteiger partial charge is 0.337 e. The summed E-state index contributed by atoms with van der Waals surface area (Å²) >= 11 is 0. The number of ether oxygens (including phenoxy) is 2. The average Bonchev–Trinajstić information content (AvgIpc) is 2.34. The monoisotopic (exact) mass is 248 g/mol. The molecule has 0 N–H and O–H groups in total. The summed E-state index contributed by atoms with van der Waals surface area (Å²) in [6.45, 7) is 5.59. The number of fused-ring (bicyclic) bond motifs is 1. The van der Waals surface area contributed by atoms with Gasteiger partial charge in [-0.25, -0.2) is 4.79 Å². The zero-order valence-electron chi connectivity index (χ0n) is 10.9. The van der Waals surface area contributed by atoms with E-state index in [9.17, 15) is 9.59 Å². The van der Waals surface area contributed by atoms with Gasteiger partial charge < -0.3 is 9.47 Å². The first-order valence-corrected chi connectivity index (χ1v) is 5.82. The van der Waals surface area contributed by atoms with Crippen molar-refractivity contribution in [3.05, 3.63) is 29.3 Å². The molecule has 0 aromatic heterocycles. The molecule has 0 radical (unpaired) electrons. The third-order valence-corrected chi connectivity index (χ3v) is 3.48. The SMILES string of the molecule is COC(=O)c1ccc2c(c1)C(=O)C(C)C(C)(C)O2. The van der Waals surface area contributed by atoms with Crippen LogP contribution in [0.3, 0.4) is 0 Å². The van der Waals surface area contributed by atoms with E-state index < -0.39 is 11.6 Å². The molecule has 2 rings (SSSR count). The molecule has 96 valence electrons. The summed E-state index contributed by atoms with van der Waals surface area (Å²) in [6, 6.07) is 4.78. The second-order valence-electron chi connectivity index (χ2n) is 4.99. The molecule has 0 spiro atoms. The van der Waals surface area contributed by atoms with Crippen LogP contribution in [0.25, 0.3) is 0 Å². The molecule has 0 saturated carbocycles. The van der Waals surface area contributed by atoms with Crippen LogP contribution in [-0.4, -0.2) is 24.5 Å². The highest BCUT2D eigenvalue weighted by molar-refractivity contribution is 6.04. The van der Waals surface area contributed by atoms with E-state index in [4.69, 9.17) is 4.74 Å². The van der Waals surface area contributed by atoms with E-state index >= 15 is 0 Å². The number of ketones is 1. The fourth-order valence-electron chi connectivity index (χ4n) is 1.98. The second kappa shape index (κ2) is 4.12. The summed E-state index contributed by atoms with van der Waals surface area (Å²) in [6.07, 6.45) is 0. The maximum Gasteiger partial charge on any atom is 0.337 e. The van der Waals surface area contributed by atoms with E-state index in [1.165, 1.54) is 13.2 Å². The molecule has 1 heterocycles. The molecule has 0 aliphatic carbocycles. The molecule has 1 aromatic carbocycles. The highest BCUT2D eigenvalue weighted by Crippen LogP contribution is 2.37. The van der Waals surface area contributed by atoms with E-state index in [1.807, 2.05) is 20.8 Å². The van der Waals surface area contributed by atoms with Crippen molar-refractivity contribution in [3.8, 4) is 5.75 Å². The quantitative estimate of drug-likeness (QED) is 0.716. The highest BCUT2D eigenvalue weighted by atomic mass is 16.5. The lowest BCUT2D eigenvalue weighted by molar-refractivity contribution is 0.0319. The van der Waals surface area contributed by atoms with Gasteiger partial charge >= 0.3 is 5.97 Å². The molecule has 1 atom stereocenters. The van der Waals surface area contributed by atoms with Crippen LogP contribution in [0, 0.1) is 5.92 Å². The lowest BCUT2D eigenvalue weighted by Gasteiger charge is -2.37. The number of methoxy groups -OCH3 is 1. The molecule has 4 nitrogen and oxygen atoms in total. The van der Waals surface area contributed by atoms with Crippen LogP contribution in [-0.2, 0) is 4.74 Å². The molecule has 1 aromatic rings. The highest BCUT2D eigenvalue weighted by Gasteiger charge is 2.40. The summed E-state index contributed by atoms with van der Waals surface area (Å²) in [5.74, 6) is -0.191. The number of esters is 1. The third-order valence-electron chi connectivity index (χ3n) is 3.48. The molecule has 0 fully saturated rings. The van der Waals surface area contributed by atoms with Crippen LogP contribution in [0.1, 0.15) is 41.5 Å². The fraction of sp³-hybridized carbons (Fsp3) is 0.429. The predicted molar refractivity (Wildman–Crippen MR) is 66.0 cm³/mol. The Morgan fingerprint density at radius 2 is 2.06 bits per heavy atom. The van der Waals surface area contributed by atoms with Crippen molar-refractivity contribution in [1.82, 2.24) is 0 Å². The Bertz CT molecular complexity index is 517. The minimum atomic E-state index is -0.531. The standard InChI is InChI=1S/C14H16O4/c1-8-12(15)10-7-9(13(16)17-4)5-6-11(10)18-14(8,2)3/h5-8H,1-4H3. The van der Waals surface area contributed by atoms with E-state index in [-0.39, 0.29) is 11.7 Å². The van der Waals surface area contributed by atoms with E-state index in [2.05, 4.69) is 4.74 Å². The van der Waals surface area contributed by atoms with Crippen molar-refractivity contribution < 1.29 is 19.1 Å². The van der Waals surface area contributed by atoms with Gasteiger partial charge in [-0.3, -0.25) is 4.79 Å². The van der Waals surface area contributed by atoms with Crippen molar-refractivity contribution in [3.63, 3.8) is 0 Å². The first-order valence-electron chi connectivity index (χ1n) is 5.82. The Morgan fingerprint density at radius 1 is 1.39 bits per heavy atom. The Morgan fingerprint density at radius 3 is 2.67 bits per heavy atom. The van der Waals surface area contributed by atoms with Crippen LogP contribution < -0.4 is 4.74 Å². The zero-order valence-corrected chi connectivity index (χ0v) is 10.9. The van der Waals surface area contributed by atoms with Crippen molar-refractivity contribution in [1.29, 1.82) is 0 Å². The number of carbonyl (C=O) groups is 2. The van der Waals surface area contributed by atoms with E-state index in [1.54, 1.807) is 12.1 Å². The molecule has 1 aliphatic rings. The first-order chi connectivity index (χ1) is 8.36. The minimum Gasteiger partial charge on any atom is -0.486 e. The number of hydrogen-bond donors (Lipinski definition) is 0. The second-order valence-corrected chi connectivity index (χ2v) is 4.99. The zero-order chi connectivity index (χ0) is 13.5. The molecule has 4 heteroatoms. The number of rotatable bonds is 1. The Kier molecular flexibility index (Phi) is 2.89. The van der Waals surface area contributed by atoms with Gasteiger partial charge in [0.1, 0.15) is 11.4 Å². The maximum absolute atomic E-state index is 12.3. The van der Waals surface area contributed by atoms with Crippen molar-refractivity contribution in [2.75, 3.05) is 7.11 Å². The van der Waals surface area contributed by atoms with Gasteiger partial charge in [-0.15, -0.1) is 0 Å². The van der Waals surface area contributed by atoms with E-state index in [0.29, 0.717) is 16.9 Å². The minimum absolute atomic E-state index is 0.00740. The summed E-state index contributed by atoms with van der Waals surface area (Å²) in [7, 11) is 1.31. The number of benzene rings is 1. The molecule has 0 amide bonds. The molecule has 0 saturated heterocycles. The number of carbonyl (C=O) groups excluding carboxylic acids is 2. The Labute approximate surface area is 106 Å². The van der Waals surface area contributed by atoms with Gasteiger partial charge in [0.25, 0.3) is 0 Å². The van der Waals surface area contributed by atoms with Crippen molar-refractivity contribution in [2.24, 2.45) is 5.92 Å². The van der Waals surface area contributed by atoms with Crippen LogP contribution in [0.2, 0.25) is 0 Å². The predicted octanol–water partition coefficient (Wildman–Crippen LogP) is 2.46. The van der Waals surface area contributed by atoms with Gasteiger partial charge in [0, 0.05) is 0 Å². The van der Waals surface area contributed by atoms with Crippen molar-refractivity contribution in [2.45, 2.75) is 26.4 Å². The van der Waals surface area contributed by atoms with Crippen LogP contribution in [0.15, 0.2) is 18.2 Å². The van der Waals surface area contributed by atoms with Gasteiger partial charge in [-0.2, -0.15) is 0 Å². The topological polar surface area (TPSA) is 52.6 Å². The van der Waals surface area contributed by atoms with Crippen molar-refractivity contribution >= 4 is 11.8 Å². The van der Waals surface area contributed by atoms with Gasteiger partial charge in [-0.05, 0) is 32.0 Å². The van der Waals surface area contributed by atoms with Crippen LogP contribution >= 0.6 is 0 Å². The lowest BCUT2D eigenvalue weighted by Crippen LogP contribution is -2.44. The normalized spacial score (nSPS) is 20.9. The van der Waals surface area contributed by atoms with Gasteiger partial charge in [0.15, 0.2) is 5.78 Å². The Balaban J connectivity index is 2.49. The largest absolute Gasteiger partial charge is 0.486 e. The molecule has 0 bridgehead atoms. The van der Waals surface area contributed by atoms with Gasteiger partial charge in [0.2, 0.25) is 0 Å². The molecular weight excluding hydrogens is 232 g/mol. The number of Topliss-reactive ketones (excluding diaryl/α,β-unsaturated/α-hetero) is 1. The summed E-state index contributed by atoms with van der Waals surface area (Å²) in [5.41, 5.74) is 0.279. The Hall–Kier alpha value is -1.84. The molecule has 1 unspecified atom stereocenters. The fourth-order valence-corrected chi connectivity index (χ4v) is 1.98. The van der Waals surface area contributed by atoms with Crippen LogP contribution in [0.5, 0.6) is 5.75 Å². The molecule has 18 heavy (non-hydrogen) atoms. The summed E-state index contributed by atoms with van der Waals surface area (Å²) in [5, 5.41) is 0. The van der Waals surface area contributed by atoms with Gasteiger partial charge in [-0.1, -0.05) is 6.92 Å². The first kappa shape index (κ1) is 12.6. The molecular formula is C14H16O4. The van der Waals surface area contributed by atoms with Gasteiger partial charge in [0.05, 0.1) is 24.2 Å². The lowest BCUT2D eigenvalue weighted by atomic mass is 9.82. The van der Waals surface area contributed by atoms with E-state index in [0.717, 1.165) is 0 Å². The van der Waals surface area contributed by atoms with Crippen LogP contribution in [0.4, 0.5) is 0 Å².